The van der Waals surface area contributed by atoms with E-state index in [1.54, 1.807) is 31.2 Å². The highest BCUT2D eigenvalue weighted by Gasteiger charge is 2.38. The Labute approximate surface area is 271 Å². The summed E-state index contributed by atoms with van der Waals surface area (Å²) >= 11 is 1.49. The molecule has 0 aliphatic carbocycles. The lowest BCUT2D eigenvalue weighted by Gasteiger charge is -2.13. The molecule has 0 spiro atoms. The number of aromatic nitrogens is 1. The monoisotopic (exact) mass is 687 g/mol. The molecule has 16 heteroatoms. The first kappa shape index (κ1) is 34.8. The number of furan rings is 1. The van der Waals surface area contributed by atoms with E-state index in [0.717, 1.165) is 15.8 Å². The van der Waals surface area contributed by atoms with Crippen molar-refractivity contribution in [1.29, 1.82) is 0 Å². The van der Waals surface area contributed by atoms with E-state index < -0.39 is 34.1 Å². The number of halogens is 3. The maximum absolute atomic E-state index is 13.0. The van der Waals surface area contributed by atoms with Crippen molar-refractivity contribution in [2.24, 2.45) is 10.8 Å². The average Bonchev–Trinajstić information content (AvgIpc) is 3.70. The number of hydrogen-bond donors (Lipinski definition) is 4. The summed E-state index contributed by atoms with van der Waals surface area (Å²) in [5.74, 6) is -2.55. The van der Waals surface area contributed by atoms with Gasteiger partial charge in [0.1, 0.15) is 11.5 Å². The fourth-order valence-electron chi connectivity index (χ4n) is 3.98. The summed E-state index contributed by atoms with van der Waals surface area (Å²) in [7, 11) is -4.14. The standard InChI is InChI=1S/C29H27N5O4S2.C2HF3O2/c1-19(32-33-29-31-24-12-5-6-13-27(24)39-29)25-16-17-26(38-25)21-10-7-11-22(18-21)40(36,37)34-28(35)23(30)15-14-20-8-3-2-4-9-20;3-2(4,5)1(6)7/h2-13,16-18,23H,14-15,30H2,1H3,(H,31,33)(H,34,35);(H,6,7). The zero-order valence-electron chi connectivity index (χ0n) is 24.6. The third-order valence-corrected chi connectivity index (χ3v) is 8.69. The molecule has 47 heavy (non-hydrogen) atoms. The number of hydrogen-bond acceptors (Lipinski definition) is 10. The summed E-state index contributed by atoms with van der Waals surface area (Å²) in [5.41, 5.74) is 12.0. The van der Waals surface area contributed by atoms with E-state index in [2.05, 4.69) is 20.2 Å². The van der Waals surface area contributed by atoms with Crippen molar-refractivity contribution in [3.8, 4) is 11.3 Å². The number of nitrogens with one attached hydrogen (secondary N) is 2. The highest BCUT2D eigenvalue weighted by molar-refractivity contribution is 7.90. The number of carbonyl (C=O) groups excluding carboxylic acids is 1. The van der Waals surface area contributed by atoms with Gasteiger partial charge in [0.25, 0.3) is 15.9 Å². The maximum Gasteiger partial charge on any atom is 0.490 e. The number of rotatable bonds is 10. The summed E-state index contributed by atoms with van der Waals surface area (Å²) in [6.07, 6.45) is -4.21. The van der Waals surface area contributed by atoms with E-state index in [0.29, 0.717) is 40.8 Å². The van der Waals surface area contributed by atoms with Gasteiger partial charge in [-0.05, 0) is 61.7 Å². The topological polar surface area (TPSA) is 177 Å². The normalized spacial score (nSPS) is 12.6. The summed E-state index contributed by atoms with van der Waals surface area (Å²) < 4.78 is 66.7. The number of benzene rings is 3. The first-order valence-corrected chi connectivity index (χ1v) is 16.1. The molecule has 0 radical (unpaired) electrons. The minimum absolute atomic E-state index is 0.0746. The van der Waals surface area contributed by atoms with E-state index in [-0.39, 0.29) is 4.90 Å². The number of nitrogens with zero attached hydrogens (tertiary/aromatic N) is 2. The van der Waals surface area contributed by atoms with Crippen LogP contribution in [0.25, 0.3) is 21.5 Å². The van der Waals surface area contributed by atoms with Gasteiger partial charge < -0.3 is 15.3 Å². The fourth-order valence-corrected chi connectivity index (χ4v) is 5.86. The van der Waals surface area contributed by atoms with Gasteiger partial charge in [-0.1, -0.05) is 65.9 Å². The second kappa shape index (κ2) is 15.0. The van der Waals surface area contributed by atoms with E-state index >= 15 is 0 Å². The van der Waals surface area contributed by atoms with Crippen LogP contribution in [-0.4, -0.2) is 48.3 Å². The van der Waals surface area contributed by atoms with Crippen LogP contribution >= 0.6 is 11.3 Å². The Kier molecular flexibility index (Phi) is 11.1. The number of carboxylic acid groups (broad SMARTS) is 1. The largest absolute Gasteiger partial charge is 0.490 e. The van der Waals surface area contributed by atoms with Crippen LogP contribution < -0.4 is 15.9 Å². The van der Waals surface area contributed by atoms with E-state index in [9.17, 15) is 26.4 Å². The predicted octanol–water partition coefficient (Wildman–Crippen LogP) is 5.79. The number of anilines is 1. The molecule has 0 aliphatic heterocycles. The number of amides is 1. The van der Waals surface area contributed by atoms with Crippen molar-refractivity contribution >= 4 is 54.3 Å². The number of thiazole rings is 1. The Hall–Kier alpha value is -5.06. The molecule has 246 valence electrons. The molecule has 1 atom stereocenters. The summed E-state index contributed by atoms with van der Waals surface area (Å²) in [5, 5.41) is 12.2. The van der Waals surface area contributed by atoms with Gasteiger partial charge in [0, 0.05) is 5.56 Å². The van der Waals surface area contributed by atoms with Gasteiger partial charge in [-0.2, -0.15) is 18.3 Å². The molecule has 0 bridgehead atoms. The summed E-state index contributed by atoms with van der Waals surface area (Å²) in [4.78, 5) is 25.9. The van der Waals surface area contributed by atoms with Crippen LogP contribution in [0.15, 0.2) is 105 Å². The van der Waals surface area contributed by atoms with Crippen LogP contribution in [0.2, 0.25) is 0 Å². The Morgan fingerprint density at radius 2 is 1.70 bits per heavy atom. The molecule has 2 heterocycles. The SMILES string of the molecule is CC(=NNc1nc2ccccc2s1)c1ccc(-c2cccc(S(=O)(=O)NC(=O)C(N)CCc3ccccc3)c2)o1.O=C(O)C(F)(F)F. The first-order valence-electron chi connectivity index (χ1n) is 13.8. The van der Waals surface area contributed by atoms with Crippen molar-refractivity contribution in [2.75, 3.05) is 5.43 Å². The first-order chi connectivity index (χ1) is 22.2. The van der Waals surface area contributed by atoms with Crippen LogP contribution in [0.5, 0.6) is 0 Å². The molecule has 5 N–H and O–H groups in total. The second-order valence-corrected chi connectivity index (χ2v) is 12.6. The van der Waals surface area contributed by atoms with Gasteiger partial charge >= 0.3 is 12.1 Å². The molecule has 5 aromatic rings. The quantitative estimate of drug-likeness (QED) is 0.105. The minimum atomic E-state index is -5.08. The van der Waals surface area contributed by atoms with Crippen molar-refractivity contribution in [2.45, 2.75) is 36.9 Å². The second-order valence-electron chi connectivity index (χ2n) is 9.89. The Morgan fingerprint density at radius 3 is 2.38 bits per heavy atom. The van der Waals surface area contributed by atoms with Gasteiger partial charge in [0.15, 0.2) is 5.76 Å². The number of alkyl halides is 3. The zero-order valence-corrected chi connectivity index (χ0v) is 26.2. The number of hydrazone groups is 1. The maximum atomic E-state index is 13.0. The molecule has 11 nitrogen and oxygen atoms in total. The number of para-hydroxylation sites is 1. The molecule has 3 aromatic carbocycles. The molecule has 1 unspecified atom stereocenters. The Balaban J connectivity index is 0.000000644. The number of nitrogens with two attached hydrogens (primary N) is 1. The lowest BCUT2D eigenvalue weighted by Crippen LogP contribution is -2.43. The average molecular weight is 688 g/mol. The van der Waals surface area contributed by atoms with Crippen LogP contribution in [0.3, 0.4) is 0 Å². The van der Waals surface area contributed by atoms with Crippen LogP contribution in [0.4, 0.5) is 18.3 Å². The lowest BCUT2D eigenvalue weighted by molar-refractivity contribution is -0.192. The molecular formula is C31H28F3N5O6S2. The molecule has 0 aliphatic rings. The van der Waals surface area contributed by atoms with E-state index in [4.69, 9.17) is 20.1 Å². The number of sulfonamides is 1. The van der Waals surface area contributed by atoms with Crippen molar-refractivity contribution < 1.29 is 40.7 Å². The lowest BCUT2D eigenvalue weighted by atomic mass is 10.1. The molecule has 5 rings (SSSR count). The van der Waals surface area contributed by atoms with Crippen molar-refractivity contribution in [1.82, 2.24) is 9.71 Å². The van der Waals surface area contributed by atoms with E-state index in [1.165, 1.54) is 23.5 Å². The molecule has 0 saturated heterocycles. The summed E-state index contributed by atoms with van der Waals surface area (Å²) in [6, 6.07) is 26.1. The molecule has 0 fully saturated rings. The van der Waals surface area contributed by atoms with Crippen molar-refractivity contribution in [3.05, 3.63) is 102 Å². The smallest absolute Gasteiger partial charge is 0.475 e. The third kappa shape index (κ3) is 9.71. The molecule has 0 saturated carbocycles. The minimum Gasteiger partial charge on any atom is -0.475 e. The fraction of sp³-hybridized carbons (Fsp3) is 0.161. The van der Waals surface area contributed by atoms with Crippen LogP contribution in [0.1, 0.15) is 24.7 Å². The van der Waals surface area contributed by atoms with Crippen molar-refractivity contribution in [3.63, 3.8) is 0 Å². The van der Waals surface area contributed by atoms with Crippen LogP contribution in [0, 0.1) is 0 Å². The third-order valence-electron chi connectivity index (χ3n) is 6.41. The van der Waals surface area contributed by atoms with Crippen LogP contribution in [-0.2, 0) is 26.0 Å². The van der Waals surface area contributed by atoms with Gasteiger partial charge in [-0.15, -0.1) is 0 Å². The number of carboxylic acids is 1. The Morgan fingerprint density at radius 1 is 1.02 bits per heavy atom. The number of aryl methyl sites for hydroxylation is 1. The molecule has 2 aromatic heterocycles. The highest BCUT2D eigenvalue weighted by atomic mass is 32.2. The number of carbonyl (C=O) groups is 2. The Bertz CT molecular complexity index is 1960. The van der Waals surface area contributed by atoms with E-state index in [1.807, 2.05) is 54.6 Å². The van der Waals surface area contributed by atoms with Gasteiger partial charge in [0.2, 0.25) is 5.13 Å². The molecular weight excluding hydrogens is 659 g/mol. The number of aliphatic carboxylic acids is 1. The highest BCUT2D eigenvalue weighted by Crippen LogP contribution is 2.27. The van der Waals surface area contributed by atoms with Gasteiger partial charge in [-0.25, -0.2) is 22.9 Å². The predicted molar refractivity (Wildman–Crippen MR) is 171 cm³/mol. The summed E-state index contributed by atoms with van der Waals surface area (Å²) in [6.45, 7) is 1.79. The van der Waals surface area contributed by atoms with Gasteiger partial charge in [-0.3, -0.25) is 10.2 Å². The van der Waals surface area contributed by atoms with Gasteiger partial charge in [0.05, 0.1) is 21.2 Å². The molecule has 1 amide bonds. The number of fused-ring (bicyclic) bond motifs is 1. The zero-order chi connectivity index (χ0) is 34.2.